The van der Waals surface area contributed by atoms with Crippen LogP contribution in [0.3, 0.4) is 0 Å². The minimum atomic E-state index is -3.06. The van der Waals surface area contributed by atoms with Crippen LogP contribution in [0.1, 0.15) is 0 Å². The van der Waals surface area contributed by atoms with Crippen molar-refractivity contribution in [2.24, 2.45) is 0 Å². The second-order valence-electron chi connectivity index (χ2n) is 3.64. The molecule has 0 spiro atoms. The fraction of sp³-hybridized carbons (Fsp3) is 0.0769. The lowest BCUT2D eigenvalue weighted by Gasteiger charge is -2.12. The van der Waals surface area contributed by atoms with Gasteiger partial charge < -0.3 is 4.74 Å². The normalized spacial score (nSPS) is 10.8. The molecule has 0 heterocycles. The summed E-state index contributed by atoms with van der Waals surface area (Å²) in [6.45, 7) is -3.06. The standard InChI is InChI=1S/C13H7Cl2F3O/c14-7-1-4-11(15)10(5-7)9-3-2-8(16)6-12(9)19-13(17)18/h1-6,13H. The number of alkyl halides is 2. The predicted molar refractivity (Wildman–Crippen MR) is 68.5 cm³/mol. The minimum Gasteiger partial charge on any atom is -0.434 e. The highest BCUT2D eigenvalue weighted by Crippen LogP contribution is 2.37. The average molecular weight is 307 g/mol. The maximum absolute atomic E-state index is 13.1. The molecule has 2 aromatic carbocycles. The van der Waals surface area contributed by atoms with Gasteiger partial charge in [-0.05, 0) is 30.3 Å². The first-order valence-electron chi connectivity index (χ1n) is 5.17. The Labute approximate surface area is 117 Å². The van der Waals surface area contributed by atoms with Crippen LogP contribution in [0.4, 0.5) is 13.2 Å². The number of benzene rings is 2. The summed E-state index contributed by atoms with van der Waals surface area (Å²) in [5.41, 5.74) is 0.638. The Hall–Kier alpha value is -1.39. The monoisotopic (exact) mass is 306 g/mol. The molecule has 2 rings (SSSR count). The van der Waals surface area contributed by atoms with Gasteiger partial charge in [0.1, 0.15) is 11.6 Å². The zero-order chi connectivity index (χ0) is 14.0. The summed E-state index contributed by atoms with van der Waals surface area (Å²) in [5.74, 6) is -0.975. The van der Waals surface area contributed by atoms with Crippen molar-refractivity contribution in [3.8, 4) is 16.9 Å². The number of ether oxygens (including phenoxy) is 1. The zero-order valence-corrected chi connectivity index (χ0v) is 10.9. The van der Waals surface area contributed by atoms with Crippen molar-refractivity contribution in [2.45, 2.75) is 6.61 Å². The predicted octanol–water partition coefficient (Wildman–Crippen LogP) is 5.40. The number of hydrogen-bond acceptors (Lipinski definition) is 1. The van der Waals surface area contributed by atoms with Crippen LogP contribution in [0.2, 0.25) is 10.0 Å². The van der Waals surface area contributed by atoms with E-state index in [-0.39, 0.29) is 11.3 Å². The molecule has 0 N–H and O–H groups in total. The lowest BCUT2D eigenvalue weighted by Crippen LogP contribution is -2.03. The molecule has 0 aliphatic rings. The van der Waals surface area contributed by atoms with E-state index in [1.807, 2.05) is 0 Å². The van der Waals surface area contributed by atoms with E-state index in [2.05, 4.69) is 4.74 Å². The van der Waals surface area contributed by atoms with Gasteiger partial charge in [-0.1, -0.05) is 23.2 Å². The summed E-state index contributed by atoms with van der Waals surface area (Å²) in [4.78, 5) is 0. The smallest absolute Gasteiger partial charge is 0.387 e. The second-order valence-corrected chi connectivity index (χ2v) is 4.49. The van der Waals surface area contributed by atoms with Gasteiger partial charge in [-0.2, -0.15) is 8.78 Å². The summed E-state index contributed by atoms with van der Waals surface area (Å²) in [6, 6.07) is 7.89. The zero-order valence-electron chi connectivity index (χ0n) is 9.34. The molecule has 19 heavy (non-hydrogen) atoms. The van der Waals surface area contributed by atoms with Gasteiger partial charge in [0.15, 0.2) is 0 Å². The van der Waals surface area contributed by atoms with Crippen LogP contribution in [0.15, 0.2) is 36.4 Å². The quantitative estimate of drug-likeness (QED) is 0.737. The Morgan fingerprint density at radius 1 is 0.947 bits per heavy atom. The topological polar surface area (TPSA) is 9.23 Å². The van der Waals surface area contributed by atoms with Crippen molar-refractivity contribution in [3.63, 3.8) is 0 Å². The van der Waals surface area contributed by atoms with Crippen molar-refractivity contribution in [2.75, 3.05) is 0 Å². The molecule has 0 amide bonds. The van der Waals surface area contributed by atoms with Crippen LogP contribution in [0.5, 0.6) is 5.75 Å². The Morgan fingerprint density at radius 3 is 2.37 bits per heavy atom. The van der Waals surface area contributed by atoms with Crippen LogP contribution in [-0.4, -0.2) is 6.61 Å². The number of hydrogen-bond donors (Lipinski definition) is 0. The molecule has 0 aliphatic carbocycles. The highest BCUT2D eigenvalue weighted by atomic mass is 35.5. The SMILES string of the molecule is Fc1ccc(-c2cc(Cl)ccc2Cl)c(OC(F)F)c1. The van der Waals surface area contributed by atoms with Crippen molar-refractivity contribution in [1.29, 1.82) is 0 Å². The van der Waals surface area contributed by atoms with Crippen molar-refractivity contribution in [1.82, 2.24) is 0 Å². The van der Waals surface area contributed by atoms with Gasteiger partial charge in [-0.15, -0.1) is 0 Å². The fourth-order valence-electron chi connectivity index (χ4n) is 1.62. The second kappa shape index (κ2) is 5.72. The van der Waals surface area contributed by atoms with Gasteiger partial charge in [0.05, 0.1) is 0 Å². The van der Waals surface area contributed by atoms with E-state index in [9.17, 15) is 13.2 Å². The first-order chi connectivity index (χ1) is 8.97. The van der Waals surface area contributed by atoms with Gasteiger partial charge in [-0.3, -0.25) is 0 Å². The number of halogens is 5. The summed E-state index contributed by atoms with van der Waals surface area (Å²) < 4.78 is 42.1. The van der Waals surface area contributed by atoms with E-state index < -0.39 is 12.4 Å². The van der Waals surface area contributed by atoms with Crippen LogP contribution in [0, 0.1) is 5.82 Å². The first kappa shape index (κ1) is 14.0. The van der Waals surface area contributed by atoms with E-state index in [4.69, 9.17) is 23.2 Å². The summed E-state index contributed by atoms with van der Waals surface area (Å²) in [5, 5.41) is 0.682. The number of rotatable bonds is 3. The van der Waals surface area contributed by atoms with E-state index in [0.717, 1.165) is 12.1 Å². The first-order valence-corrected chi connectivity index (χ1v) is 5.93. The lowest BCUT2D eigenvalue weighted by atomic mass is 10.0. The third-order valence-corrected chi connectivity index (χ3v) is 2.94. The minimum absolute atomic E-state index is 0.245. The Kier molecular flexibility index (Phi) is 4.22. The molecule has 2 aromatic rings. The van der Waals surface area contributed by atoms with Crippen LogP contribution in [0.25, 0.3) is 11.1 Å². The molecule has 6 heteroatoms. The molecule has 0 saturated carbocycles. The molecule has 0 radical (unpaired) electrons. The van der Waals surface area contributed by atoms with Crippen LogP contribution < -0.4 is 4.74 Å². The maximum Gasteiger partial charge on any atom is 0.387 e. The highest BCUT2D eigenvalue weighted by molar-refractivity contribution is 6.35. The van der Waals surface area contributed by atoms with E-state index in [1.54, 1.807) is 6.07 Å². The lowest BCUT2D eigenvalue weighted by molar-refractivity contribution is -0.0495. The molecule has 0 aliphatic heterocycles. The fourth-order valence-corrected chi connectivity index (χ4v) is 2.01. The van der Waals surface area contributed by atoms with E-state index >= 15 is 0 Å². The Balaban J connectivity index is 2.57. The molecule has 0 fully saturated rings. The molecule has 0 unspecified atom stereocenters. The molecule has 0 atom stereocenters. The van der Waals surface area contributed by atoms with Gasteiger partial charge in [0.2, 0.25) is 0 Å². The average Bonchev–Trinajstić information content (AvgIpc) is 2.32. The van der Waals surface area contributed by atoms with Crippen LogP contribution in [-0.2, 0) is 0 Å². The van der Waals surface area contributed by atoms with Gasteiger partial charge >= 0.3 is 6.61 Å². The van der Waals surface area contributed by atoms with Gasteiger partial charge in [0, 0.05) is 27.2 Å². The summed E-state index contributed by atoms with van der Waals surface area (Å²) in [6.07, 6.45) is 0. The third-order valence-electron chi connectivity index (χ3n) is 2.38. The van der Waals surface area contributed by atoms with E-state index in [0.29, 0.717) is 15.6 Å². The van der Waals surface area contributed by atoms with Gasteiger partial charge in [-0.25, -0.2) is 4.39 Å². The van der Waals surface area contributed by atoms with E-state index in [1.165, 1.54) is 18.2 Å². The molecule has 0 saturated heterocycles. The molecular formula is C13H7Cl2F3O. The molecule has 0 aromatic heterocycles. The molecule has 0 bridgehead atoms. The summed E-state index contributed by atoms with van der Waals surface area (Å²) in [7, 11) is 0. The van der Waals surface area contributed by atoms with Crippen molar-refractivity contribution < 1.29 is 17.9 Å². The van der Waals surface area contributed by atoms with Gasteiger partial charge in [0.25, 0.3) is 0 Å². The summed E-state index contributed by atoms with van der Waals surface area (Å²) >= 11 is 11.8. The van der Waals surface area contributed by atoms with Crippen molar-refractivity contribution >= 4 is 23.2 Å². The Morgan fingerprint density at radius 2 is 1.68 bits per heavy atom. The Bertz CT molecular complexity index is 602. The molecular weight excluding hydrogens is 300 g/mol. The van der Waals surface area contributed by atoms with Crippen LogP contribution >= 0.6 is 23.2 Å². The third kappa shape index (κ3) is 3.33. The molecule has 1 nitrogen and oxygen atoms in total. The maximum atomic E-state index is 13.1. The molecule has 100 valence electrons. The largest absolute Gasteiger partial charge is 0.434 e. The van der Waals surface area contributed by atoms with Crippen molar-refractivity contribution in [3.05, 3.63) is 52.3 Å². The highest BCUT2D eigenvalue weighted by Gasteiger charge is 2.15.